The number of hydrogen-bond donors (Lipinski definition) is 1. The quantitative estimate of drug-likeness (QED) is 0.923. The first-order valence-electron chi connectivity index (χ1n) is 7.75. The van der Waals surface area contributed by atoms with Gasteiger partial charge in [-0.15, -0.1) is 11.8 Å². The summed E-state index contributed by atoms with van der Waals surface area (Å²) < 4.78 is 0. The summed E-state index contributed by atoms with van der Waals surface area (Å²) in [4.78, 5) is 30.1. The highest BCUT2D eigenvalue weighted by atomic mass is 32.2. The molecule has 1 aliphatic carbocycles. The number of amides is 1. The Morgan fingerprint density at radius 1 is 1.32 bits per heavy atom. The van der Waals surface area contributed by atoms with Crippen molar-refractivity contribution < 1.29 is 14.7 Å². The molecular formula is C16H20N2O3S. The molecule has 3 rings (SSSR count). The van der Waals surface area contributed by atoms with Crippen molar-refractivity contribution in [2.24, 2.45) is 5.92 Å². The number of pyridine rings is 1. The fourth-order valence-electron chi connectivity index (χ4n) is 3.48. The van der Waals surface area contributed by atoms with E-state index in [9.17, 15) is 14.7 Å². The van der Waals surface area contributed by atoms with E-state index < -0.39 is 12.0 Å². The number of rotatable bonds is 4. The van der Waals surface area contributed by atoms with Gasteiger partial charge in [0.2, 0.25) is 5.91 Å². The fourth-order valence-corrected chi connectivity index (χ4v) is 4.65. The van der Waals surface area contributed by atoms with E-state index in [1.165, 1.54) is 11.8 Å². The summed E-state index contributed by atoms with van der Waals surface area (Å²) in [5.74, 6) is -0.583. The van der Waals surface area contributed by atoms with Gasteiger partial charge in [-0.2, -0.15) is 0 Å². The summed E-state index contributed by atoms with van der Waals surface area (Å²) in [5, 5.41) is 9.46. The van der Waals surface area contributed by atoms with Crippen molar-refractivity contribution in [1.29, 1.82) is 0 Å². The zero-order chi connectivity index (χ0) is 15.5. The monoisotopic (exact) mass is 320 g/mol. The standard InChI is InChI=1S/C16H20N2O3S/c19-13-10-22-15(12-8-4-5-9-17-12)18(13)14(16(20)21)11-6-2-1-3-7-11/h4-5,8-9,11,14-15H,1-3,6-7,10H2,(H,20,21). The van der Waals surface area contributed by atoms with Gasteiger partial charge < -0.3 is 10.0 Å². The molecule has 5 nitrogen and oxygen atoms in total. The highest BCUT2D eigenvalue weighted by Crippen LogP contribution is 2.42. The van der Waals surface area contributed by atoms with Gasteiger partial charge in [-0.25, -0.2) is 4.79 Å². The molecule has 2 aliphatic rings. The maximum atomic E-state index is 12.4. The Hall–Kier alpha value is -1.56. The smallest absolute Gasteiger partial charge is 0.326 e. The second-order valence-corrected chi connectivity index (χ2v) is 6.97. The Bertz CT molecular complexity index is 546. The van der Waals surface area contributed by atoms with Crippen LogP contribution in [0.25, 0.3) is 0 Å². The van der Waals surface area contributed by atoms with Crippen LogP contribution in [0.15, 0.2) is 24.4 Å². The normalized spacial score (nSPS) is 24.5. The third-order valence-electron chi connectivity index (χ3n) is 4.50. The number of nitrogens with zero attached hydrogens (tertiary/aromatic N) is 2. The van der Waals surface area contributed by atoms with Gasteiger partial charge in [-0.3, -0.25) is 9.78 Å². The van der Waals surface area contributed by atoms with Gasteiger partial charge in [0.25, 0.3) is 0 Å². The molecule has 1 saturated carbocycles. The lowest BCUT2D eigenvalue weighted by atomic mass is 9.83. The molecule has 0 spiro atoms. The highest BCUT2D eigenvalue weighted by Gasteiger charge is 2.45. The van der Waals surface area contributed by atoms with Crippen LogP contribution in [0.4, 0.5) is 0 Å². The number of thioether (sulfide) groups is 1. The van der Waals surface area contributed by atoms with E-state index in [0.29, 0.717) is 5.75 Å². The van der Waals surface area contributed by atoms with Crippen molar-refractivity contribution in [2.45, 2.75) is 43.5 Å². The molecule has 6 heteroatoms. The van der Waals surface area contributed by atoms with E-state index in [1.54, 1.807) is 11.1 Å². The summed E-state index contributed by atoms with van der Waals surface area (Å²) in [6.07, 6.45) is 6.74. The molecule has 118 valence electrons. The summed E-state index contributed by atoms with van der Waals surface area (Å²) in [5.41, 5.74) is 0.764. The van der Waals surface area contributed by atoms with E-state index >= 15 is 0 Å². The molecule has 1 saturated heterocycles. The predicted molar refractivity (Wildman–Crippen MR) is 84.3 cm³/mol. The molecule has 2 heterocycles. The second kappa shape index (κ2) is 6.69. The van der Waals surface area contributed by atoms with Gasteiger partial charge in [0.05, 0.1) is 11.4 Å². The minimum Gasteiger partial charge on any atom is -0.480 e. The van der Waals surface area contributed by atoms with E-state index in [1.807, 2.05) is 18.2 Å². The molecule has 1 amide bonds. The van der Waals surface area contributed by atoms with Gasteiger partial charge in [-0.1, -0.05) is 25.3 Å². The second-order valence-electron chi connectivity index (χ2n) is 5.90. The Labute approximate surface area is 134 Å². The van der Waals surface area contributed by atoms with E-state index in [-0.39, 0.29) is 17.2 Å². The average molecular weight is 320 g/mol. The largest absolute Gasteiger partial charge is 0.480 e. The number of aromatic nitrogens is 1. The first-order chi connectivity index (χ1) is 10.7. The van der Waals surface area contributed by atoms with Crippen molar-refractivity contribution in [3.8, 4) is 0 Å². The SMILES string of the molecule is O=C(O)C(C1CCCCC1)N1C(=O)CSC1c1ccccn1. The Balaban J connectivity index is 1.90. The minimum atomic E-state index is -0.885. The molecule has 1 aromatic rings. The summed E-state index contributed by atoms with van der Waals surface area (Å²) in [6, 6.07) is 4.84. The van der Waals surface area contributed by atoms with Crippen molar-refractivity contribution in [2.75, 3.05) is 5.75 Å². The number of aliphatic carboxylic acids is 1. The molecule has 1 aromatic heterocycles. The van der Waals surface area contributed by atoms with Gasteiger partial charge in [0.1, 0.15) is 11.4 Å². The van der Waals surface area contributed by atoms with Gasteiger partial charge in [0.15, 0.2) is 0 Å². The molecular weight excluding hydrogens is 300 g/mol. The van der Waals surface area contributed by atoms with E-state index in [0.717, 1.165) is 37.8 Å². The molecule has 0 bridgehead atoms. The van der Waals surface area contributed by atoms with E-state index in [2.05, 4.69) is 4.98 Å². The third-order valence-corrected chi connectivity index (χ3v) is 5.69. The zero-order valence-corrected chi connectivity index (χ0v) is 13.2. The summed E-state index contributed by atoms with van der Waals surface area (Å²) >= 11 is 1.47. The van der Waals surface area contributed by atoms with Crippen LogP contribution in [0.3, 0.4) is 0 Å². The van der Waals surface area contributed by atoms with Crippen LogP contribution in [0.1, 0.15) is 43.2 Å². The Morgan fingerprint density at radius 2 is 2.09 bits per heavy atom. The lowest BCUT2D eigenvalue weighted by molar-refractivity contribution is -0.152. The Kier molecular flexibility index (Phi) is 4.66. The number of hydrogen-bond acceptors (Lipinski definition) is 4. The zero-order valence-electron chi connectivity index (χ0n) is 12.4. The number of carboxylic acid groups (broad SMARTS) is 1. The average Bonchev–Trinajstić information content (AvgIpc) is 2.91. The number of carbonyl (C=O) groups is 2. The molecule has 2 unspecified atom stereocenters. The maximum absolute atomic E-state index is 12.4. The maximum Gasteiger partial charge on any atom is 0.326 e. The molecule has 0 radical (unpaired) electrons. The number of carbonyl (C=O) groups excluding carboxylic acids is 1. The predicted octanol–water partition coefficient (Wildman–Crippen LogP) is 2.69. The molecule has 22 heavy (non-hydrogen) atoms. The first-order valence-corrected chi connectivity index (χ1v) is 8.80. The Morgan fingerprint density at radius 3 is 2.73 bits per heavy atom. The number of carboxylic acids is 1. The third kappa shape index (κ3) is 2.97. The van der Waals surface area contributed by atoms with Crippen LogP contribution in [0.5, 0.6) is 0 Å². The molecule has 1 N–H and O–H groups in total. The molecule has 1 aliphatic heterocycles. The van der Waals surface area contributed by atoms with Crippen LogP contribution in [-0.2, 0) is 9.59 Å². The van der Waals surface area contributed by atoms with E-state index in [4.69, 9.17) is 0 Å². The van der Waals surface area contributed by atoms with Crippen LogP contribution in [0.2, 0.25) is 0 Å². The molecule has 0 aromatic carbocycles. The van der Waals surface area contributed by atoms with Crippen molar-refractivity contribution in [1.82, 2.24) is 9.88 Å². The van der Waals surface area contributed by atoms with Crippen LogP contribution in [0, 0.1) is 5.92 Å². The topological polar surface area (TPSA) is 70.5 Å². The fraction of sp³-hybridized carbons (Fsp3) is 0.562. The van der Waals surface area contributed by atoms with Crippen LogP contribution < -0.4 is 0 Å². The van der Waals surface area contributed by atoms with Gasteiger partial charge in [0, 0.05) is 6.20 Å². The van der Waals surface area contributed by atoms with Crippen LogP contribution in [-0.4, -0.2) is 38.7 Å². The van der Waals surface area contributed by atoms with Gasteiger partial charge >= 0.3 is 5.97 Å². The minimum absolute atomic E-state index is 0.0557. The van der Waals surface area contributed by atoms with Crippen molar-refractivity contribution >= 4 is 23.6 Å². The van der Waals surface area contributed by atoms with Gasteiger partial charge in [-0.05, 0) is 30.9 Å². The molecule has 2 fully saturated rings. The summed E-state index contributed by atoms with van der Waals surface area (Å²) in [7, 11) is 0. The summed E-state index contributed by atoms with van der Waals surface area (Å²) in [6.45, 7) is 0. The lowest BCUT2D eigenvalue weighted by Gasteiger charge is -2.36. The first kappa shape index (κ1) is 15.3. The van der Waals surface area contributed by atoms with Crippen molar-refractivity contribution in [3.63, 3.8) is 0 Å². The van der Waals surface area contributed by atoms with Crippen molar-refractivity contribution in [3.05, 3.63) is 30.1 Å². The highest BCUT2D eigenvalue weighted by molar-refractivity contribution is 8.00. The lowest BCUT2D eigenvalue weighted by Crippen LogP contribution is -2.48. The van der Waals surface area contributed by atoms with Crippen LogP contribution >= 0.6 is 11.8 Å². The molecule has 2 atom stereocenters.